The van der Waals surface area contributed by atoms with Crippen LogP contribution in [0.3, 0.4) is 0 Å². The Bertz CT molecular complexity index is 983. The maximum Gasteiger partial charge on any atom is 0.266 e. The van der Waals surface area contributed by atoms with Crippen LogP contribution in [0.15, 0.2) is 71.1 Å². The molecule has 0 aliphatic carbocycles. The van der Waals surface area contributed by atoms with E-state index in [0.717, 1.165) is 22.7 Å². The van der Waals surface area contributed by atoms with Gasteiger partial charge in [-0.1, -0.05) is 55.8 Å². The fraction of sp³-hybridized carbons (Fsp3) is 0.200. The van der Waals surface area contributed by atoms with E-state index in [4.69, 9.17) is 0 Å². The number of thiazole rings is 1. The summed E-state index contributed by atoms with van der Waals surface area (Å²) < 4.78 is 27.2. The Labute approximate surface area is 163 Å². The number of rotatable bonds is 8. The predicted octanol–water partition coefficient (Wildman–Crippen LogP) is 4.17. The first-order valence-corrected chi connectivity index (χ1v) is 10.9. The van der Waals surface area contributed by atoms with Crippen molar-refractivity contribution in [2.45, 2.75) is 24.7 Å². The van der Waals surface area contributed by atoms with Crippen LogP contribution in [0.4, 0.5) is 5.13 Å². The molecule has 27 heavy (non-hydrogen) atoms. The molecule has 5 nitrogen and oxygen atoms in total. The summed E-state index contributed by atoms with van der Waals surface area (Å²) in [6.07, 6.45) is 3.50. The molecular weight excluding hydrogens is 380 g/mol. The maximum atomic E-state index is 13.1. The van der Waals surface area contributed by atoms with Crippen molar-refractivity contribution in [1.29, 1.82) is 0 Å². The second-order valence-corrected chi connectivity index (χ2v) is 8.74. The number of nitrogens with zero attached hydrogens (tertiary/aromatic N) is 2. The van der Waals surface area contributed by atoms with Gasteiger partial charge < -0.3 is 0 Å². The minimum Gasteiger partial charge on any atom is -0.292 e. The lowest BCUT2D eigenvalue weighted by Crippen LogP contribution is -2.35. The standard InChI is InChI=1S/C20H20N2O3S2/c1-2-6-16-9-11-17(12-10-16)19(23)15-22(20-21-13-14-26-20)27(24,25)18-7-4-3-5-8-18/h3-5,7-14H,2,6,15H2,1H3. The van der Waals surface area contributed by atoms with E-state index in [1.807, 2.05) is 12.1 Å². The van der Waals surface area contributed by atoms with Crippen LogP contribution in [0.25, 0.3) is 0 Å². The van der Waals surface area contributed by atoms with E-state index in [2.05, 4.69) is 11.9 Å². The van der Waals surface area contributed by atoms with Crippen LogP contribution in [0.1, 0.15) is 29.3 Å². The summed E-state index contributed by atoms with van der Waals surface area (Å²) in [5.41, 5.74) is 1.64. The number of hydrogen-bond acceptors (Lipinski definition) is 5. The summed E-state index contributed by atoms with van der Waals surface area (Å²) in [5.74, 6) is -0.271. The van der Waals surface area contributed by atoms with Crippen LogP contribution < -0.4 is 4.31 Å². The number of carbonyl (C=O) groups excluding carboxylic acids is 1. The molecule has 140 valence electrons. The molecule has 0 aliphatic rings. The van der Waals surface area contributed by atoms with Gasteiger partial charge in [0.15, 0.2) is 10.9 Å². The lowest BCUT2D eigenvalue weighted by Gasteiger charge is -2.21. The molecule has 0 N–H and O–H groups in total. The van der Waals surface area contributed by atoms with Crippen molar-refractivity contribution < 1.29 is 13.2 Å². The SMILES string of the molecule is CCCc1ccc(C(=O)CN(c2nccs2)S(=O)(=O)c2ccccc2)cc1. The van der Waals surface area contributed by atoms with E-state index in [1.165, 1.54) is 29.7 Å². The van der Waals surface area contributed by atoms with Crippen LogP contribution in [0.2, 0.25) is 0 Å². The molecule has 1 heterocycles. The minimum atomic E-state index is -3.88. The summed E-state index contributed by atoms with van der Waals surface area (Å²) in [5, 5.41) is 1.96. The Morgan fingerprint density at radius 3 is 2.37 bits per heavy atom. The molecule has 0 bridgehead atoms. The summed E-state index contributed by atoms with van der Waals surface area (Å²) in [6.45, 7) is 1.80. The van der Waals surface area contributed by atoms with E-state index in [0.29, 0.717) is 5.56 Å². The van der Waals surface area contributed by atoms with E-state index in [9.17, 15) is 13.2 Å². The number of sulfonamides is 1. The average molecular weight is 401 g/mol. The number of anilines is 1. The third-order valence-corrected chi connectivity index (χ3v) is 6.73. The molecule has 0 amide bonds. The number of ketones is 1. The van der Waals surface area contributed by atoms with Gasteiger partial charge in [-0.2, -0.15) is 0 Å². The van der Waals surface area contributed by atoms with Gasteiger partial charge in [0.25, 0.3) is 10.0 Å². The van der Waals surface area contributed by atoms with Gasteiger partial charge in [-0.05, 0) is 24.1 Å². The zero-order chi connectivity index (χ0) is 19.3. The van der Waals surface area contributed by atoms with Crippen molar-refractivity contribution >= 4 is 32.3 Å². The molecule has 1 aromatic heterocycles. The van der Waals surface area contributed by atoms with Crippen molar-refractivity contribution in [2.24, 2.45) is 0 Å². The number of carbonyl (C=O) groups is 1. The zero-order valence-electron chi connectivity index (χ0n) is 14.9. The first-order chi connectivity index (χ1) is 13.0. The third-order valence-electron chi connectivity index (χ3n) is 4.07. The Morgan fingerprint density at radius 2 is 1.78 bits per heavy atom. The molecule has 7 heteroatoms. The molecule has 0 saturated heterocycles. The zero-order valence-corrected chi connectivity index (χ0v) is 16.5. The van der Waals surface area contributed by atoms with Crippen molar-refractivity contribution in [3.63, 3.8) is 0 Å². The molecule has 0 atom stereocenters. The Morgan fingerprint density at radius 1 is 1.07 bits per heavy atom. The summed E-state index contributed by atoms with van der Waals surface area (Å²) in [7, 11) is -3.88. The van der Waals surface area contributed by atoms with Crippen LogP contribution in [0, 0.1) is 0 Å². The minimum absolute atomic E-state index is 0.131. The number of Topliss-reactive ketones (excluding diaryl/α,β-unsaturated/α-hetero) is 1. The highest BCUT2D eigenvalue weighted by Gasteiger charge is 2.29. The molecular formula is C20H20N2O3S2. The number of aryl methyl sites for hydroxylation is 1. The van der Waals surface area contributed by atoms with Crippen LogP contribution >= 0.6 is 11.3 Å². The van der Waals surface area contributed by atoms with Gasteiger partial charge in [0.1, 0.15) is 6.54 Å². The van der Waals surface area contributed by atoms with Crippen molar-refractivity contribution in [2.75, 3.05) is 10.8 Å². The molecule has 0 aliphatic heterocycles. The lowest BCUT2D eigenvalue weighted by atomic mass is 10.1. The second kappa shape index (κ2) is 8.45. The van der Waals surface area contributed by atoms with Gasteiger partial charge in [-0.3, -0.25) is 4.79 Å². The smallest absolute Gasteiger partial charge is 0.266 e. The van der Waals surface area contributed by atoms with E-state index in [-0.39, 0.29) is 22.4 Å². The number of aromatic nitrogens is 1. The van der Waals surface area contributed by atoms with E-state index in [1.54, 1.807) is 35.7 Å². The van der Waals surface area contributed by atoms with Crippen molar-refractivity contribution in [1.82, 2.24) is 4.98 Å². The van der Waals surface area contributed by atoms with Crippen LogP contribution in [-0.4, -0.2) is 25.7 Å². The Hall–Kier alpha value is -2.51. The normalized spacial score (nSPS) is 11.3. The highest BCUT2D eigenvalue weighted by atomic mass is 32.2. The second-order valence-electron chi connectivity index (χ2n) is 6.01. The first-order valence-electron chi connectivity index (χ1n) is 8.62. The fourth-order valence-electron chi connectivity index (χ4n) is 2.68. The highest BCUT2D eigenvalue weighted by molar-refractivity contribution is 7.93. The number of benzene rings is 2. The van der Waals surface area contributed by atoms with E-state index >= 15 is 0 Å². The van der Waals surface area contributed by atoms with Gasteiger partial charge >= 0.3 is 0 Å². The molecule has 0 saturated carbocycles. The molecule has 2 aromatic carbocycles. The van der Waals surface area contributed by atoms with Gasteiger partial charge in [0, 0.05) is 17.1 Å². The van der Waals surface area contributed by atoms with Gasteiger partial charge in [0.2, 0.25) is 0 Å². The molecule has 0 spiro atoms. The van der Waals surface area contributed by atoms with Crippen molar-refractivity contribution in [3.05, 3.63) is 77.3 Å². The fourth-order valence-corrected chi connectivity index (χ4v) is 4.95. The third kappa shape index (κ3) is 4.43. The van der Waals surface area contributed by atoms with Crippen LogP contribution in [0.5, 0.6) is 0 Å². The van der Waals surface area contributed by atoms with Crippen LogP contribution in [-0.2, 0) is 16.4 Å². The lowest BCUT2D eigenvalue weighted by molar-refractivity contribution is 0.100. The summed E-state index contributed by atoms with van der Waals surface area (Å²) in [4.78, 5) is 17.0. The first kappa shape index (κ1) is 19.3. The Kier molecular flexibility index (Phi) is 6.03. The van der Waals surface area contributed by atoms with Crippen molar-refractivity contribution in [3.8, 4) is 0 Å². The molecule has 3 aromatic rings. The van der Waals surface area contributed by atoms with Gasteiger partial charge in [0.05, 0.1) is 4.90 Å². The van der Waals surface area contributed by atoms with E-state index < -0.39 is 10.0 Å². The quantitative estimate of drug-likeness (QED) is 0.532. The van der Waals surface area contributed by atoms with Gasteiger partial charge in [-0.15, -0.1) is 11.3 Å². The maximum absolute atomic E-state index is 13.1. The molecule has 0 unspecified atom stereocenters. The molecule has 3 rings (SSSR count). The van der Waals surface area contributed by atoms with Gasteiger partial charge in [-0.25, -0.2) is 17.7 Å². The number of hydrogen-bond donors (Lipinski definition) is 0. The summed E-state index contributed by atoms with van der Waals surface area (Å²) >= 11 is 1.18. The monoisotopic (exact) mass is 400 g/mol. The largest absolute Gasteiger partial charge is 0.292 e. The summed E-state index contributed by atoms with van der Waals surface area (Å²) in [6, 6.07) is 15.4. The average Bonchev–Trinajstić information content (AvgIpc) is 3.21. The predicted molar refractivity (Wildman–Crippen MR) is 108 cm³/mol. The Balaban J connectivity index is 1.90. The molecule has 0 radical (unpaired) electrons. The topological polar surface area (TPSA) is 67.3 Å². The molecule has 0 fully saturated rings. The highest BCUT2D eigenvalue weighted by Crippen LogP contribution is 2.26.